The molecular formula is C25H27NO4. The van der Waals surface area contributed by atoms with Crippen LogP contribution in [0.25, 0.3) is 0 Å². The molecule has 0 N–H and O–H groups in total. The minimum absolute atomic E-state index is 0.0640. The molecule has 4 rings (SSSR count). The van der Waals surface area contributed by atoms with Crippen LogP contribution in [0.3, 0.4) is 0 Å². The summed E-state index contributed by atoms with van der Waals surface area (Å²) >= 11 is 0. The second-order valence-corrected chi connectivity index (χ2v) is 8.65. The Labute approximate surface area is 177 Å². The van der Waals surface area contributed by atoms with Crippen molar-refractivity contribution in [3.05, 3.63) is 59.2 Å². The summed E-state index contributed by atoms with van der Waals surface area (Å²) in [5, 5.41) is 0. The normalized spacial score (nSPS) is 23.4. The number of ether oxygens (including phenoxy) is 1. The van der Waals surface area contributed by atoms with Crippen molar-refractivity contribution in [2.45, 2.75) is 40.0 Å². The lowest BCUT2D eigenvalue weighted by Gasteiger charge is -2.25. The number of nitrogens with zero attached hydrogens (tertiary/aromatic N) is 1. The van der Waals surface area contributed by atoms with Gasteiger partial charge in [-0.15, -0.1) is 0 Å². The Kier molecular flexibility index (Phi) is 5.46. The van der Waals surface area contributed by atoms with E-state index in [2.05, 4.69) is 6.92 Å². The summed E-state index contributed by atoms with van der Waals surface area (Å²) in [6, 6.07) is 12.4. The van der Waals surface area contributed by atoms with Gasteiger partial charge in [-0.05, 0) is 80.5 Å². The molecule has 1 saturated heterocycles. The molecule has 2 amide bonds. The molecule has 0 unspecified atom stereocenters. The average Bonchev–Trinajstić information content (AvgIpc) is 2.98. The third-order valence-electron chi connectivity index (χ3n) is 6.48. The number of carbonyl (C=O) groups is 3. The summed E-state index contributed by atoms with van der Waals surface area (Å²) in [7, 11) is 0. The van der Waals surface area contributed by atoms with Gasteiger partial charge < -0.3 is 4.74 Å². The summed E-state index contributed by atoms with van der Waals surface area (Å²) in [5.74, 6) is 0.374. The molecule has 30 heavy (non-hydrogen) atoms. The fourth-order valence-corrected chi connectivity index (χ4v) is 4.48. The third kappa shape index (κ3) is 3.76. The Bertz CT molecular complexity index is 995. The molecule has 1 aliphatic carbocycles. The predicted octanol–water partition coefficient (Wildman–Crippen LogP) is 4.49. The number of ketones is 1. The highest BCUT2D eigenvalue weighted by Gasteiger charge is 2.49. The molecule has 5 nitrogen and oxygen atoms in total. The first-order chi connectivity index (χ1) is 14.3. The zero-order chi connectivity index (χ0) is 21.4. The third-order valence-corrected chi connectivity index (χ3v) is 6.48. The van der Waals surface area contributed by atoms with Crippen molar-refractivity contribution < 1.29 is 19.1 Å². The highest BCUT2D eigenvalue weighted by Crippen LogP contribution is 2.42. The first-order valence-corrected chi connectivity index (χ1v) is 10.6. The molecule has 2 fully saturated rings. The van der Waals surface area contributed by atoms with Gasteiger partial charge in [-0.25, -0.2) is 0 Å². The molecule has 0 spiro atoms. The van der Waals surface area contributed by atoms with E-state index in [1.807, 2.05) is 32.0 Å². The van der Waals surface area contributed by atoms with Crippen molar-refractivity contribution in [3.8, 4) is 5.75 Å². The largest absolute Gasteiger partial charge is 0.485 e. The SMILES string of the molecule is Cc1ccc(C(=O)COc2ccc(N3C(=O)[C@H]4CC[C@H](C)C[C@H]4C3=O)cc2)cc1C. The van der Waals surface area contributed by atoms with Crippen molar-refractivity contribution >= 4 is 23.3 Å². The summed E-state index contributed by atoms with van der Waals surface area (Å²) in [5.41, 5.74) is 3.41. The number of imide groups is 1. The van der Waals surface area contributed by atoms with E-state index in [-0.39, 0.29) is 36.0 Å². The highest BCUT2D eigenvalue weighted by atomic mass is 16.5. The maximum atomic E-state index is 12.8. The topological polar surface area (TPSA) is 63.7 Å². The monoisotopic (exact) mass is 405 g/mol. The van der Waals surface area contributed by atoms with Crippen molar-refractivity contribution in [3.63, 3.8) is 0 Å². The van der Waals surface area contributed by atoms with Crippen LogP contribution >= 0.6 is 0 Å². The van der Waals surface area contributed by atoms with E-state index in [4.69, 9.17) is 4.74 Å². The molecule has 1 heterocycles. The molecule has 2 aromatic carbocycles. The molecule has 0 bridgehead atoms. The second kappa shape index (κ2) is 8.05. The molecular weight excluding hydrogens is 378 g/mol. The number of Topliss-reactive ketones (excluding diaryl/α,β-unsaturated/α-hetero) is 1. The molecule has 5 heteroatoms. The number of amides is 2. The van der Waals surface area contributed by atoms with Crippen LogP contribution in [-0.2, 0) is 9.59 Å². The van der Waals surface area contributed by atoms with Crippen LogP contribution in [0, 0.1) is 31.6 Å². The van der Waals surface area contributed by atoms with Gasteiger partial charge in [-0.3, -0.25) is 19.3 Å². The van der Waals surface area contributed by atoms with Gasteiger partial charge in [0.1, 0.15) is 5.75 Å². The van der Waals surface area contributed by atoms with E-state index < -0.39 is 0 Å². The van der Waals surface area contributed by atoms with Crippen LogP contribution in [-0.4, -0.2) is 24.2 Å². The van der Waals surface area contributed by atoms with Crippen LogP contribution in [0.2, 0.25) is 0 Å². The number of hydrogen-bond donors (Lipinski definition) is 0. The van der Waals surface area contributed by atoms with Gasteiger partial charge in [-0.1, -0.05) is 19.1 Å². The number of hydrogen-bond acceptors (Lipinski definition) is 4. The maximum absolute atomic E-state index is 12.8. The fraction of sp³-hybridized carbons (Fsp3) is 0.400. The Morgan fingerprint density at radius 1 is 0.967 bits per heavy atom. The first-order valence-electron chi connectivity index (χ1n) is 10.6. The Balaban J connectivity index is 1.42. The van der Waals surface area contributed by atoms with Crippen LogP contribution < -0.4 is 9.64 Å². The van der Waals surface area contributed by atoms with Crippen molar-refractivity contribution in [2.75, 3.05) is 11.5 Å². The Morgan fingerprint density at radius 2 is 1.67 bits per heavy atom. The maximum Gasteiger partial charge on any atom is 0.237 e. The molecule has 2 aliphatic rings. The molecule has 0 aromatic heterocycles. The number of rotatable bonds is 5. The smallest absolute Gasteiger partial charge is 0.237 e. The zero-order valence-electron chi connectivity index (χ0n) is 17.7. The molecule has 0 radical (unpaired) electrons. The van der Waals surface area contributed by atoms with Gasteiger partial charge in [0, 0.05) is 5.56 Å². The van der Waals surface area contributed by atoms with Crippen molar-refractivity contribution in [1.29, 1.82) is 0 Å². The van der Waals surface area contributed by atoms with E-state index in [1.54, 1.807) is 24.3 Å². The molecule has 1 saturated carbocycles. The van der Waals surface area contributed by atoms with Gasteiger partial charge in [-0.2, -0.15) is 0 Å². The molecule has 3 atom stereocenters. The number of carbonyl (C=O) groups excluding carboxylic acids is 3. The summed E-state index contributed by atoms with van der Waals surface area (Å²) in [6.07, 6.45) is 2.57. The lowest BCUT2D eigenvalue weighted by atomic mass is 9.76. The van der Waals surface area contributed by atoms with E-state index >= 15 is 0 Å². The number of anilines is 1. The summed E-state index contributed by atoms with van der Waals surface area (Å²) in [4.78, 5) is 39.4. The quantitative estimate of drug-likeness (QED) is 0.543. The van der Waals surface area contributed by atoms with E-state index in [0.717, 1.165) is 30.4 Å². The molecule has 1 aliphatic heterocycles. The Hall–Kier alpha value is -2.95. The van der Waals surface area contributed by atoms with E-state index in [1.165, 1.54) is 4.90 Å². The van der Waals surface area contributed by atoms with Gasteiger partial charge in [0.05, 0.1) is 17.5 Å². The van der Waals surface area contributed by atoms with Crippen LogP contribution in [0.15, 0.2) is 42.5 Å². The fourth-order valence-electron chi connectivity index (χ4n) is 4.48. The minimum atomic E-state index is -0.187. The summed E-state index contributed by atoms with van der Waals surface area (Å²) in [6.45, 7) is 6.06. The summed E-state index contributed by atoms with van der Waals surface area (Å²) < 4.78 is 5.63. The average molecular weight is 405 g/mol. The van der Waals surface area contributed by atoms with Crippen molar-refractivity contribution in [2.24, 2.45) is 17.8 Å². The zero-order valence-corrected chi connectivity index (χ0v) is 17.7. The number of benzene rings is 2. The van der Waals surface area contributed by atoms with E-state index in [9.17, 15) is 14.4 Å². The van der Waals surface area contributed by atoms with Crippen LogP contribution in [0.1, 0.15) is 47.7 Å². The van der Waals surface area contributed by atoms with Gasteiger partial charge in [0.2, 0.25) is 11.8 Å². The highest BCUT2D eigenvalue weighted by molar-refractivity contribution is 6.22. The first kappa shape index (κ1) is 20.3. The predicted molar refractivity (Wildman–Crippen MR) is 115 cm³/mol. The second-order valence-electron chi connectivity index (χ2n) is 8.65. The molecule has 156 valence electrons. The molecule has 2 aromatic rings. The van der Waals surface area contributed by atoms with Crippen LogP contribution in [0.4, 0.5) is 5.69 Å². The van der Waals surface area contributed by atoms with Gasteiger partial charge in [0.15, 0.2) is 12.4 Å². The lowest BCUT2D eigenvalue weighted by molar-refractivity contribution is -0.122. The number of aryl methyl sites for hydroxylation is 2. The van der Waals surface area contributed by atoms with Crippen molar-refractivity contribution in [1.82, 2.24) is 0 Å². The number of fused-ring (bicyclic) bond motifs is 1. The lowest BCUT2D eigenvalue weighted by Crippen LogP contribution is -2.30. The van der Waals surface area contributed by atoms with Gasteiger partial charge in [0.25, 0.3) is 0 Å². The van der Waals surface area contributed by atoms with E-state index in [0.29, 0.717) is 22.9 Å². The Morgan fingerprint density at radius 3 is 2.37 bits per heavy atom. The van der Waals surface area contributed by atoms with Crippen LogP contribution in [0.5, 0.6) is 5.75 Å². The minimum Gasteiger partial charge on any atom is -0.485 e. The van der Waals surface area contributed by atoms with Gasteiger partial charge >= 0.3 is 0 Å². The standard InChI is InChI=1S/C25H27NO4/c1-15-4-11-21-22(12-15)25(29)26(24(21)28)19-7-9-20(10-8-19)30-14-23(27)18-6-5-16(2)17(3)13-18/h5-10,13,15,21-22H,4,11-12,14H2,1-3H3/t15-,21-,22+/m0/s1.